The third-order valence-electron chi connectivity index (χ3n) is 7.14. The third kappa shape index (κ3) is 5.18. The van der Waals surface area contributed by atoms with Crippen molar-refractivity contribution < 1.29 is 28.8 Å². The van der Waals surface area contributed by atoms with Crippen LogP contribution in [0.1, 0.15) is 40.7 Å². The molecule has 0 aromatic heterocycles. The van der Waals surface area contributed by atoms with Gasteiger partial charge in [-0.25, -0.2) is 0 Å². The van der Waals surface area contributed by atoms with Gasteiger partial charge < -0.3 is 33.9 Å². The van der Waals surface area contributed by atoms with Crippen LogP contribution in [0.25, 0.3) is 0 Å². The largest absolute Gasteiger partial charge is 0.493 e. The van der Waals surface area contributed by atoms with Gasteiger partial charge in [0.15, 0.2) is 23.0 Å². The van der Waals surface area contributed by atoms with Gasteiger partial charge in [0.1, 0.15) is 0 Å². The molecule has 1 heterocycles. The van der Waals surface area contributed by atoms with Crippen molar-refractivity contribution in [2.75, 3.05) is 61.7 Å². The molecule has 0 saturated carbocycles. The number of carbonyl (C=O) groups excluding carboxylic acids is 1. The van der Waals surface area contributed by atoms with E-state index in [1.54, 1.807) is 45.5 Å². The number of benzene rings is 2. The Kier molecular flexibility index (Phi) is 7.72. The average Bonchev–Trinajstić information content (AvgIpc) is 2.96. The number of hydrogen-bond acceptors (Lipinski definition) is 7. The molecule has 1 aliphatic carbocycles. The number of β-amino-alcohol motifs (C(OH)–C–C–N with tert-alkyl or cyclic N) is 1. The Morgan fingerprint density at radius 1 is 0.914 bits per heavy atom. The first kappa shape index (κ1) is 25.1. The molecule has 0 fully saturated rings. The van der Waals surface area contributed by atoms with Crippen LogP contribution in [-0.2, 0) is 17.6 Å². The molecular weight excluding hydrogens is 448 g/mol. The molecule has 2 aromatic rings. The van der Waals surface area contributed by atoms with Gasteiger partial charge in [-0.3, -0.25) is 4.79 Å². The molecule has 2 atom stereocenters. The second-order valence-corrected chi connectivity index (χ2v) is 9.36. The lowest BCUT2D eigenvalue weighted by atomic mass is 9.77. The van der Waals surface area contributed by atoms with Crippen LogP contribution in [0.3, 0.4) is 0 Å². The van der Waals surface area contributed by atoms with E-state index in [0.29, 0.717) is 24.0 Å². The standard InChI is InChI=1S/C27H36N2O6/c1-28(15-19-9-17-10-23(32-2)25(34-4)13-20(17)19)7-6-8-29-16-22(30)21-14-26(35-5)24(33-3)11-18(21)12-27(29)31/h10-11,13-14,19,22,30H,6-9,12,15-16H2,1-5H3/t19?,22-/m1/s1. The van der Waals surface area contributed by atoms with Crippen molar-refractivity contribution in [1.29, 1.82) is 0 Å². The maximum absolute atomic E-state index is 12.9. The number of aliphatic hydroxyl groups excluding tert-OH is 1. The second kappa shape index (κ2) is 10.7. The maximum atomic E-state index is 12.9. The molecule has 0 saturated heterocycles. The predicted molar refractivity (Wildman–Crippen MR) is 133 cm³/mol. The lowest BCUT2D eigenvalue weighted by Gasteiger charge is -2.34. The van der Waals surface area contributed by atoms with Crippen LogP contribution >= 0.6 is 0 Å². The zero-order chi connectivity index (χ0) is 25.1. The number of likely N-dealkylation sites (N-methyl/N-ethyl adjacent to an activating group) is 1. The van der Waals surface area contributed by atoms with Crippen LogP contribution in [0.2, 0.25) is 0 Å². The van der Waals surface area contributed by atoms with Crippen molar-refractivity contribution in [3.8, 4) is 23.0 Å². The van der Waals surface area contributed by atoms with Crippen LogP contribution in [0.5, 0.6) is 23.0 Å². The number of nitrogens with zero attached hydrogens (tertiary/aromatic N) is 2. The minimum atomic E-state index is -0.757. The van der Waals surface area contributed by atoms with Crippen molar-refractivity contribution in [2.24, 2.45) is 0 Å². The fourth-order valence-corrected chi connectivity index (χ4v) is 5.20. The molecule has 0 bridgehead atoms. The predicted octanol–water partition coefficient (Wildman–Crippen LogP) is 2.80. The van der Waals surface area contributed by atoms with E-state index in [9.17, 15) is 9.90 Å². The highest BCUT2D eigenvalue weighted by molar-refractivity contribution is 5.80. The monoisotopic (exact) mass is 484 g/mol. The normalized spacial score (nSPS) is 18.9. The molecule has 2 aromatic carbocycles. The van der Waals surface area contributed by atoms with Crippen molar-refractivity contribution in [1.82, 2.24) is 9.80 Å². The van der Waals surface area contributed by atoms with Gasteiger partial charge in [0.05, 0.1) is 47.5 Å². The fourth-order valence-electron chi connectivity index (χ4n) is 5.20. The summed E-state index contributed by atoms with van der Waals surface area (Å²) in [7, 11) is 8.58. The minimum absolute atomic E-state index is 0.0200. The Bertz CT molecular complexity index is 1070. The molecule has 8 heteroatoms. The average molecular weight is 485 g/mol. The summed E-state index contributed by atoms with van der Waals surface area (Å²) in [5.74, 6) is 3.16. The van der Waals surface area contributed by atoms with E-state index in [1.165, 1.54) is 11.1 Å². The zero-order valence-electron chi connectivity index (χ0n) is 21.3. The molecule has 1 amide bonds. The Morgan fingerprint density at radius 2 is 1.49 bits per heavy atom. The number of amides is 1. The number of hydrogen-bond donors (Lipinski definition) is 1. The summed E-state index contributed by atoms with van der Waals surface area (Å²) < 4.78 is 21.6. The number of aliphatic hydroxyl groups is 1. The van der Waals surface area contributed by atoms with Gasteiger partial charge in [0.25, 0.3) is 0 Å². The van der Waals surface area contributed by atoms with E-state index in [-0.39, 0.29) is 18.9 Å². The molecule has 1 N–H and O–H groups in total. The molecule has 0 radical (unpaired) electrons. The lowest BCUT2D eigenvalue weighted by Crippen LogP contribution is -2.37. The van der Waals surface area contributed by atoms with E-state index in [2.05, 4.69) is 24.1 Å². The summed E-state index contributed by atoms with van der Waals surface area (Å²) in [5, 5.41) is 10.8. The number of methoxy groups -OCH3 is 4. The summed E-state index contributed by atoms with van der Waals surface area (Å²) in [5.41, 5.74) is 4.16. The van der Waals surface area contributed by atoms with E-state index in [4.69, 9.17) is 18.9 Å². The summed E-state index contributed by atoms with van der Waals surface area (Å²) in [6, 6.07) is 7.75. The number of carbonyl (C=O) groups is 1. The SMILES string of the molecule is COc1cc2c(cc1OC)C(CN(C)CCCN1C[C@@H](O)c3cc(OC)c(OC)cc3CC1=O)C2. The molecule has 0 spiro atoms. The van der Waals surface area contributed by atoms with E-state index in [1.807, 2.05) is 0 Å². The molecule has 2 aliphatic rings. The van der Waals surface area contributed by atoms with Gasteiger partial charge in [-0.05, 0) is 73.0 Å². The van der Waals surface area contributed by atoms with Crippen molar-refractivity contribution in [3.63, 3.8) is 0 Å². The highest BCUT2D eigenvalue weighted by Gasteiger charge is 2.30. The smallest absolute Gasteiger partial charge is 0.227 e. The molecule has 4 rings (SSSR count). The van der Waals surface area contributed by atoms with Gasteiger partial charge >= 0.3 is 0 Å². The van der Waals surface area contributed by atoms with Crippen molar-refractivity contribution in [3.05, 3.63) is 46.5 Å². The summed E-state index contributed by atoms with van der Waals surface area (Å²) in [6.07, 6.45) is 1.35. The van der Waals surface area contributed by atoms with Crippen LogP contribution in [0.4, 0.5) is 0 Å². The molecule has 1 unspecified atom stereocenters. The Hall–Kier alpha value is -2.97. The van der Waals surface area contributed by atoms with Crippen LogP contribution in [0.15, 0.2) is 24.3 Å². The lowest BCUT2D eigenvalue weighted by molar-refractivity contribution is -0.131. The first-order valence-electron chi connectivity index (χ1n) is 12.0. The van der Waals surface area contributed by atoms with Crippen LogP contribution in [0, 0.1) is 0 Å². The Labute approximate surface area is 207 Å². The van der Waals surface area contributed by atoms with Gasteiger partial charge in [-0.15, -0.1) is 0 Å². The highest BCUT2D eigenvalue weighted by Crippen LogP contribution is 2.42. The number of ether oxygens (including phenoxy) is 4. The highest BCUT2D eigenvalue weighted by atomic mass is 16.5. The molecule has 1 aliphatic heterocycles. The summed E-state index contributed by atoms with van der Waals surface area (Å²) >= 11 is 0. The fraction of sp³-hybridized carbons (Fsp3) is 0.519. The summed E-state index contributed by atoms with van der Waals surface area (Å²) in [6.45, 7) is 2.70. The third-order valence-corrected chi connectivity index (χ3v) is 7.14. The quantitative estimate of drug-likeness (QED) is 0.555. The Morgan fingerprint density at radius 3 is 2.11 bits per heavy atom. The van der Waals surface area contributed by atoms with Gasteiger partial charge in [-0.2, -0.15) is 0 Å². The number of fused-ring (bicyclic) bond motifs is 2. The van der Waals surface area contributed by atoms with Crippen LogP contribution in [-0.4, -0.2) is 82.5 Å². The minimum Gasteiger partial charge on any atom is -0.493 e. The molecule has 190 valence electrons. The molecular formula is C27H36N2O6. The van der Waals surface area contributed by atoms with E-state index < -0.39 is 6.10 Å². The maximum Gasteiger partial charge on any atom is 0.227 e. The zero-order valence-corrected chi connectivity index (χ0v) is 21.3. The second-order valence-electron chi connectivity index (χ2n) is 9.36. The van der Waals surface area contributed by atoms with E-state index >= 15 is 0 Å². The first-order chi connectivity index (χ1) is 16.9. The van der Waals surface area contributed by atoms with E-state index in [0.717, 1.165) is 48.6 Å². The summed E-state index contributed by atoms with van der Waals surface area (Å²) in [4.78, 5) is 17.0. The molecule has 35 heavy (non-hydrogen) atoms. The van der Waals surface area contributed by atoms with Crippen LogP contribution < -0.4 is 18.9 Å². The first-order valence-corrected chi connectivity index (χ1v) is 12.0. The topological polar surface area (TPSA) is 80.7 Å². The van der Waals surface area contributed by atoms with Gasteiger partial charge in [-0.1, -0.05) is 0 Å². The Balaban J connectivity index is 1.31. The van der Waals surface area contributed by atoms with Crippen molar-refractivity contribution >= 4 is 5.91 Å². The van der Waals surface area contributed by atoms with Gasteiger partial charge in [0.2, 0.25) is 5.91 Å². The molecule has 8 nitrogen and oxygen atoms in total. The number of rotatable bonds is 10. The van der Waals surface area contributed by atoms with Crippen molar-refractivity contribution in [2.45, 2.75) is 31.3 Å². The van der Waals surface area contributed by atoms with Gasteiger partial charge in [0, 0.05) is 19.0 Å².